The van der Waals surface area contributed by atoms with Gasteiger partial charge in [0.05, 0.1) is 6.61 Å². The Bertz CT molecular complexity index is 639. The van der Waals surface area contributed by atoms with Crippen molar-refractivity contribution in [3.8, 4) is 11.5 Å². The van der Waals surface area contributed by atoms with Gasteiger partial charge in [-0.15, -0.1) is 0 Å². The summed E-state index contributed by atoms with van der Waals surface area (Å²) in [6, 6.07) is 14.3. The Hall–Kier alpha value is -2.00. The van der Waals surface area contributed by atoms with Crippen molar-refractivity contribution in [1.29, 1.82) is 0 Å². The lowest BCUT2D eigenvalue weighted by Crippen LogP contribution is -2.24. The zero-order chi connectivity index (χ0) is 14.8. The number of fused-ring (bicyclic) bond motifs is 1. The van der Waals surface area contributed by atoms with E-state index < -0.39 is 0 Å². The molecule has 2 aromatic carbocycles. The summed E-state index contributed by atoms with van der Waals surface area (Å²) in [6.45, 7) is 4.72. The van der Waals surface area contributed by atoms with Gasteiger partial charge in [0, 0.05) is 18.0 Å². The Morgan fingerprint density at radius 1 is 1.24 bits per heavy atom. The number of ether oxygens (including phenoxy) is 2. The molecule has 0 aromatic heterocycles. The summed E-state index contributed by atoms with van der Waals surface area (Å²) >= 11 is 0. The summed E-state index contributed by atoms with van der Waals surface area (Å²) in [4.78, 5) is 0. The van der Waals surface area contributed by atoms with Gasteiger partial charge in [-0.1, -0.05) is 29.8 Å². The van der Waals surface area contributed by atoms with Crippen molar-refractivity contribution in [2.75, 3.05) is 6.61 Å². The molecule has 2 aromatic rings. The molecular weight excluding hydrogens is 262 g/mol. The topological polar surface area (TPSA) is 44.5 Å². The van der Waals surface area contributed by atoms with E-state index in [0.29, 0.717) is 6.61 Å². The average molecular weight is 283 g/mol. The highest BCUT2D eigenvalue weighted by Gasteiger charge is 2.27. The van der Waals surface area contributed by atoms with Crippen LogP contribution in [0.3, 0.4) is 0 Å². The molecule has 0 aliphatic carbocycles. The largest absolute Gasteiger partial charge is 0.494 e. The summed E-state index contributed by atoms with van der Waals surface area (Å²) in [5.74, 6) is 1.77. The number of aryl methyl sites for hydroxylation is 1. The highest BCUT2D eigenvalue weighted by molar-refractivity contribution is 5.42. The van der Waals surface area contributed by atoms with E-state index in [0.717, 1.165) is 29.0 Å². The highest BCUT2D eigenvalue weighted by Crippen LogP contribution is 2.40. The monoisotopic (exact) mass is 283 g/mol. The lowest BCUT2D eigenvalue weighted by molar-refractivity contribution is 0.161. The van der Waals surface area contributed by atoms with E-state index in [1.54, 1.807) is 0 Å². The number of benzene rings is 2. The molecule has 2 atom stereocenters. The molecule has 2 N–H and O–H groups in total. The van der Waals surface area contributed by atoms with Crippen LogP contribution in [0.5, 0.6) is 11.5 Å². The van der Waals surface area contributed by atoms with E-state index in [1.165, 1.54) is 5.56 Å². The fourth-order valence-electron chi connectivity index (χ4n) is 2.80. The van der Waals surface area contributed by atoms with Gasteiger partial charge in [0.15, 0.2) is 0 Å². The van der Waals surface area contributed by atoms with Gasteiger partial charge in [0.2, 0.25) is 0 Å². The maximum atomic E-state index is 6.33. The van der Waals surface area contributed by atoms with Crippen LogP contribution in [0, 0.1) is 6.92 Å². The van der Waals surface area contributed by atoms with Gasteiger partial charge >= 0.3 is 0 Å². The minimum atomic E-state index is -0.0180. The Labute approximate surface area is 125 Å². The Kier molecular flexibility index (Phi) is 3.84. The van der Waals surface area contributed by atoms with Crippen molar-refractivity contribution in [2.45, 2.75) is 32.4 Å². The highest BCUT2D eigenvalue weighted by atomic mass is 16.5. The SMILES string of the molecule is CCOc1cccc(C2CC(N)c3cc(C)ccc3O2)c1. The van der Waals surface area contributed by atoms with Gasteiger partial charge in [-0.05, 0) is 37.6 Å². The molecule has 0 bridgehead atoms. The Balaban J connectivity index is 1.88. The molecule has 2 unspecified atom stereocenters. The summed E-state index contributed by atoms with van der Waals surface area (Å²) < 4.78 is 11.7. The van der Waals surface area contributed by atoms with Crippen LogP contribution in [0.2, 0.25) is 0 Å². The zero-order valence-electron chi connectivity index (χ0n) is 12.5. The second kappa shape index (κ2) is 5.78. The van der Waals surface area contributed by atoms with E-state index >= 15 is 0 Å². The summed E-state index contributed by atoms with van der Waals surface area (Å²) in [7, 11) is 0. The van der Waals surface area contributed by atoms with Crippen LogP contribution in [-0.4, -0.2) is 6.61 Å². The molecule has 1 aliphatic rings. The van der Waals surface area contributed by atoms with Crippen molar-refractivity contribution < 1.29 is 9.47 Å². The molecule has 0 saturated carbocycles. The maximum Gasteiger partial charge on any atom is 0.126 e. The molecular formula is C18H21NO2. The van der Waals surface area contributed by atoms with Crippen LogP contribution < -0.4 is 15.2 Å². The third-order valence-electron chi connectivity index (χ3n) is 3.84. The summed E-state index contributed by atoms with van der Waals surface area (Å²) in [5.41, 5.74) is 9.76. The summed E-state index contributed by atoms with van der Waals surface area (Å²) in [6.07, 6.45) is 0.766. The maximum absolute atomic E-state index is 6.33. The molecule has 110 valence electrons. The van der Waals surface area contributed by atoms with Crippen molar-refractivity contribution in [1.82, 2.24) is 0 Å². The predicted molar refractivity (Wildman–Crippen MR) is 83.7 cm³/mol. The van der Waals surface area contributed by atoms with Gasteiger partial charge in [0.25, 0.3) is 0 Å². The van der Waals surface area contributed by atoms with Crippen LogP contribution in [0.4, 0.5) is 0 Å². The molecule has 1 aliphatic heterocycles. The third kappa shape index (κ3) is 2.88. The fourth-order valence-corrected chi connectivity index (χ4v) is 2.80. The predicted octanol–water partition coefficient (Wildman–Crippen LogP) is 3.92. The van der Waals surface area contributed by atoms with Crippen molar-refractivity contribution in [3.05, 3.63) is 59.2 Å². The van der Waals surface area contributed by atoms with Crippen LogP contribution in [0.15, 0.2) is 42.5 Å². The van der Waals surface area contributed by atoms with Crippen LogP contribution in [0.1, 0.15) is 42.2 Å². The van der Waals surface area contributed by atoms with Crippen LogP contribution in [0.25, 0.3) is 0 Å². The first-order chi connectivity index (χ1) is 10.2. The lowest BCUT2D eigenvalue weighted by Gasteiger charge is -2.31. The quantitative estimate of drug-likeness (QED) is 0.928. The fraction of sp³-hybridized carbons (Fsp3) is 0.333. The molecule has 0 saturated heterocycles. The van der Waals surface area contributed by atoms with Crippen LogP contribution in [-0.2, 0) is 0 Å². The molecule has 0 radical (unpaired) electrons. The smallest absolute Gasteiger partial charge is 0.126 e. The van der Waals surface area contributed by atoms with Gasteiger partial charge in [-0.3, -0.25) is 0 Å². The van der Waals surface area contributed by atoms with Gasteiger partial charge in [-0.2, -0.15) is 0 Å². The first-order valence-corrected chi connectivity index (χ1v) is 7.43. The Morgan fingerprint density at radius 2 is 2.10 bits per heavy atom. The Morgan fingerprint density at radius 3 is 2.90 bits per heavy atom. The second-order valence-electron chi connectivity index (χ2n) is 5.50. The van der Waals surface area contributed by atoms with E-state index in [2.05, 4.69) is 25.1 Å². The standard InChI is InChI=1S/C18H21NO2/c1-3-20-14-6-4-5-13(10-14)18-11-16(19)15-9-12(2)7-8-17(15)21-18/h4-10,16,18H,3,11,19H2,1-2H3. The first kappa shape index (κ1) is 14.0. The first-order valence-electron chi connectivity index (χ1n) is 7.43. The minimum Gasteiger partial charge on any atom is -0.494 e. The average Bonchev–Trinajstić information content (AvgIpc) is 2.48. The molecule has 1 heterocycles. The number of nitrogens with two attached hydrogens (primary N) is 1. The molecule has 3 rings (SSSR count). The summed E-state index contributed by atoms with van der Waals surface area (Å²) in [5, 5.41) is 0. The van der Waals surface area contributed by atoms with Gasteiger partial charge in [0.1, 0.15) is 17.6 Å². The van der Waals surface area contributed by atoms with Gasteiger partial charge < -0.3 is 15.2 Å². The molecule has 3 heteroatoms. The van der Waals surface area contributed by atoms with Crippen molar-refractivity contribution in [3.63, 3.8) is 0 Å². The van der Waals surface area contributed by atoms with E-state index in [9.17, 15) is 0 Å². The second-order valence-corrected chi connectivity index (χ2v) is 5.50. The molecule has 0 amide bonds. The lowest BCUT2D eigenvalue weighted by atomic mass is 9.92. The number of hydrogen-bond donors (Lipinski definition) is 1. The van der Waals surface area contributed by atoms with Crippen molar-refractivity contribution >= 4 is 0 Å². The third-order valence-corrected chi connectivity index (χ3v) is 3.84. The van der Waals surface area contributed by atoms with E-state index in [-0.39, 0.29) is 12.1 Å². The zero-order valence-corrected chi connectivity index (χ0v) is 12.5. The number of hydrogen-bond acceptors (Lipinski definition) is 3. The van der Waals surface area contributed by atoms with E-state index in [4.69, 9.17) is 15.2 Å². The molecule has 21 heavy (non-hydrogen) atoms. The number of rotatable bonds is 3. The molecule has 0 spiro atoms. The van der Waals surface area contributed by atoms with Crippen LogP contribution >= 0.6 is 0 Å². The van der Waals surface area contributed by atoms with E-state index in [1.807, 2.05) is 31.2 Å². The molecule has 3 nitrogen and oxygen atoms in total. The van der Waals surface area contributed by atoms with Crippen molar-refractivity contribution in [2.24, 2.45) is 5.73 Å². The minimum absolute atomic E-state index is 0.00870. The normalized spacial score (nSPS) is 20.5. The molecule has 0 fully saturated rings. The van der Waals surface area contributed by atoms with Gasteiger partial charge in [-0.25, -0.2) is 0 Å².